The zero-order chi connectivity index (χ0) is 13.2. The summed E-state index contributed by atoms with van der Waals surface area (Å²) in [7, 11) is 1.46. The Morgan fingerprint density at radius 2 is 1.89 bits per heavy atom. The van der Waals surface area contributed by atoms with Crippen molar-refractivity contribution in [2.45, 2.75) is 24.2 Å². The Hall–Kier alpha value is -1.07. The maximum atomic E-state index is 11.7. The zero-order valence-electron chi connectivity index (χ0n) is 9.73. The Balaban J connectivity index is 1.93. The molecular weight excluding hydrogens is 274 g/mol. The summed E-state index contributed by atoms with van der Waals surface area (Å²) >= 11 is 0. The van der Waals surface area contributed by atoms with Crippen LogP contribution in [0.3, 0.4) is 0 Å². The van der Waals surface area contributed by atoms with E-state index < -0.39 is 9.05 Å². The Morgan fingerprint density at radius 3 is 2.39 bits per heavy atom. The first-order valence-electron chi connectivity index (χ1n) is 5.80. The molecule has 0 heterocycles. The van der Waals surface area contributed by atoms with Gasteiger partial charge in [-0.3, -0.25) is 4.79 Å². The van der Waals surface area contributed by atoms with Gasteiger partial charge in [-0.05, 0) is 36.6 Å². The van der Waals surface area contributed by atoms with Crippen LogP contribution in [0.4, 0.5) is 0 Å². The molecule has 1 aliphatic rings. The van der Waals surface area contributed by atoms with Gasteiger partial charge in [0.1, 0.15) is 0 Å². The van der Waals surface area contributed by atoms with E-state index in [1.54, 1.807) is 0 Å². The van der Waals surface area contributed by atoms with Crippen LogP contribution in [0.15, 0.2) is 29.2 Å². The van der Waals surface area contributed by atoms with Crippen LogP contribution in [0.25, 0.3) is 0 Å². The molecule has 1 N–H and O–H groups in total. The molecule has 0 unspecified atom stereocenters. The lowest BCUT2D eigenvalue weighted by atomic mass is 10.2. The minimum absolute atomic E-state index is 0.00121. The van der Waals surface area contributed by atoms with Crippen molar-refractivity contribution < 1.29 is 13.2 Å². The summed E-state index contributed by atoms with van der Waals surface area (Å²) < 4.78 is 22.1. The highest BCUT2D eigenvalue weighted by molar-refractivity contribution is 8.13. The van der Waals surface area contributed by atoms with Crippen molar-refractivity contribution in [2.75, 3.05) is 6.54 Å². The maximum absolute atomic E-state index is 11.7. The average Bonchev–Trinajstić information content (AvgIpc) is 3.12. The zero-order valence-corrected chi connectivity index (χ0v) is 11.3. The predicted molar refractivity (Wildman–Crippen MR) is 69.2 cm³/mol. The summed E-state index contributed by atoms with van der Waals surface area (Å²) in [5, 5.41) is 2.81. The molecule has 18 heavy (non-hydrogen) atoms. The Morgan fingerprint density at radius 1 is 1.28 bits per heavy atom. The molecule has 1 saturated carbocycles. The van der Waals surface area contributed by atoms with Gasteiger partial charge in [0, 0.05) is 22.8 Å². The molecule has 0 bridgehead atoms. The van der Waals surface area contributed by atoms with Gasteiger partial charge in [-0.2, -0.15) is 0 Å². The van der Waals surface area contributed by atoms with E-state index in [1.807, 2.05) is 0 Å². The summed E-state index contributed by atoms with van der Waals surface area (Å²) in [5.74, 6) is 0.586. The number of carbonyl (C=O) groups excluding carboxylic acids is 1. The topological polar surface area (TPSA) is 63.2 Å². The summed E-state index contributed by atoms with van der Waals surface area (Å²) in [4.78, 5) is 11.7. The molecule has 0 radical (unpaired) electrons. The molecule has 1 aromatic rings. The van der Waals surface area contributed by atoms with Crippen LogP contribution < -0.4 is 5.32 Å². The van der Waals surface area contributed by atoms with E-state index in [1.165, 1.54) is 37.1 Å². The fourth-order valence-corrected chi connectivity index (χ4v) is 2.44. The molecule has 4 nitrogen and oxygen atoms in total. The second kappa shape index (κ2) is 5.28. The lowest BCUT2D eigenvalue weighted by molar-refractivity contribution is 0.0952. The van der Waals surface area contributed by atoms with Gasteiger partial charge in [0.15, 0.2) is 0 Å². The van der Waals surface area contributed by atoms with Gasteiger partial charge >= 0.3 is 0 Å². The molecule has 0 aliphatic heterocycles. The third-order valence-electron chi connectivity index (χ3n) is 2.93. The van der Waals surface area contributed by atoms with Crippen LogP contribution >= 0.6 is 10.7 Å². The number of rotatable bonds is 5. The monoisotopic (exact) mass is 287 g/mol. The van der Waals surface area contributed by atoms with Crippen molar-refractivity contribution in [2.24, 2.45) is 5.92 Å². The lowest BCUT2D eigenvalue weighted by Gasteiger charge is -2.04. The number of hydrogen-bond donors (Lipinski definition) is 1. The van der Waals surface area contributed by atoms with Crippen molar-refractivity contribution in [3.05, 3.63) is 29.8 Å². The second-order valence-corrected chi connectivity index (χ2v) is 7.02. The van der Waals surface area contributed by atoms with Gasteiger partial charge in [0.2, 0.25) is 0 Å². The third-order valence-corrected chi connectivity index (χ3v) is 4.30. The number of amides is 1. The molecule has 1 fully saturated rings. The third kappa shape index (κ3) is 3.71. The van der Waals surface area contributed by atoms with Crippen molar-refractivity contribution in [1.82, 2.24) is 5.32 Å². The molecule has 98 valence electrons. The van der Waals surface area contributed by atoms with Crippen molar-refractivity contribution >= 4 is 25.6 Å². The van der Waals surface area contributed by atoms with Gasteiger partial charge in [-0.15, -0.1) is 0 Å². The number of carbonyl (C=O) groups is 1. The lowest BCUT2D eigenvalue weighted by Crippen LogP contribution is -2.24. The molecule has 2 rings (SSSR count). The molecule has 0 spiro atoms. The van der Waals surface area contributed by atoms with Crippen molar-refractivity contribution in [1.29, 1.82) is 0 Å². The Labute approximate surface area is 111 Å². The molecule has 0 aromatic heterocycles. The highest BCUT2D eigenvalue weighted by Crippen LogP contribution is 2.31. The molecule has 0 saturated heterocycles. The first-order valence-corrected chi connectivity index (χ1v) is 8.10. The first-order chi connectivity index (χ1) is 8.47. The fourth-order valence-electron chi connectivity index (χ4n) is 1.67. The van der Waals surface area contributed by atoms with Gasteiger partial charge in [0.05, 0.1) is 4.90 Å². The molecule has 1 aliphatic carbocycles. The molecule has 1 amide bonds. The molecule has 6 heteroatoms. The number of halogens is 1. The summed E-state index contributed by atoms with van der Waals surface area (Å²) in [5.41, 5.74) is 0.440. The Kier molecular flexibility index (Phi) is 3.92. The van der Waals surface area contributed by atoms with Crippen molar-refractivity contribution in [3.63, 3.8) is 0 Å². The summed E-state index contributed by atoms with van der Waals surface area (Å²) in [6, 6.07) is 5.58. The molecule has 0 atom stereocenters. The number of benzene rings is 1. The van der Waals surface area contributed by atoms with E-state index >= 15 is 0 Å². The first kappa shape index (κ1) is 13.4. The summed E-state index contributed by atoms with van der Waals surface area (Å²) in [6.07, 6.45) is 3.54. The molecular formula is C12H14ClNO3S. The van der Waals surface area contributed by atoms with Crippen molar-refractivity contribution in [3.8, 4) is 0 Å². The van der Waals surface area contributed by atoms with Crippen LogP contribution in [0.2, 0.25) is 0 Å². The van der Waals surface area contributed by atoms with Gasteiger partial charge in [-0.1, -0.05) is 12.8 Å². The van der Waals surface area contributed by atoms with E-state index in [0.29, 0.717) is 12.1 Å². The molecule has 1 aromatic carbocycles. The minimum atomic E-state index is -3.72. The van der Waals surface area contributed by atoms with Crippen LogP contribution in [0.1, 0.15) is 29.6 Å². The van der Waals surface area contributed by atoms with Crippen LogP contribution in [-0.4, -0.2) is 20.9 Å². The Bertz CT molecular complexity index is 535. The smallest absolute Gasteiger partial charge is 0.261 e. The summed E-state index contributed by atoms with van der Waals surface area (Å²) in [6.45, 7) is 0.666. The maximum Gasteiger partial charge on any atom is 0.261 e. The standard InChI is InChI=1S/C12H14ClNO3S/c13-18(16,17)11-5-3-10(4-6-11)12(15)14-8-7-9-1-2-9/h3-6,9H,1-2,7-8H2,(H,14,15). The SMILES string of the molecule is O=C(NCCC1CC1)c1ccc(S(=O)(=O)Cl)cc1. The van der Waals surface area contributed by atoms with E-state index in [4.69, 9.17) is 10.7 Å². The highest BCUT2D eigenvalue weighted by Gasteiger charge is 2.20. The van der Waals surface area contributed by atoms with E-state index in [0.717, 1.165) is 12.3 Å². The van der Waals surface area contributed by atoms with Crippen LogP contribution in [0, 0.1) is 5.92 Å². The predicted octanol–water partition coefficient (Wildman–Crippen LogP) is 2.14. The average molecular weight is 288 g/mol. The van der Waals surface area contributed by atoms with Gasteiger partial charge in [0.25, 0.3) is 15.0 Å². The number of nitrogens with one attached hydrogen (secondary N) is 1. The van der Waals surface area contributed by atoms with E-state index in [9.17, 15) is 13.2 Å². The van der Waals surface area contributed by atoms with Crippen LogP contribution in [-0.2, 0) is 9.05 Å². The largest absolute Gasteiger partial charge is 0.352 e. The normalized spacial score (nSPS) is 15.4. The van der Waals surface area contributed by atoms with E-state index in [2.05, 4.69) is 5.32 Å². The van der Waals surface area contributed by atoms with Crippen LogP contribution in [0.5, 0.6) is 0 Å². The van der Waals surface area contributed by atoms with Gasteiger partial charge in [-0.25, -0.2) is 8.42 Å². The quantitative estimate of drug-likeness (QED) is 0.844. The highest BCUT2D eigenvalue weighted by atomic mass is 35.7. The van der Waals surface area contributed by atoms with E-state index in [-0.39, 0.29) is 10.8 Å². The minimum Gasteiger partial charge on any atom is -0.352 e. The van der Waals surface area contributed by atoms with Gasteiger partial charge < -0.3 is 5.32 Å². The fraction of sp³-hybridized carbons (Fsp3) is 0.417. The number of hydrogen-bond acceptors (Lipinski definition) is 3. The second-order valence-electron chi connectivity index (χ2n) is 4.45.